The molecule has 4 nitrogen and oxygen atoms in total. The zero-order valence-corrected chi connectivity index (χ0v) is 10.1. The minimum absolute atomic E-state index is 0.0198. The van der Waals surface area contributed by atoms with E-state index in [0.717, 1.165) is 12.3 Å². The number of nitrogens with zero attached hydrogens (tertiary/aromatic N) is 2. The monoisotopic (exact) mass is 236 g/mol. The second kappa shape index (κ2) is 6.57. The van der Waals surface area contributed by atoms with Crippen LogP contribution in [0.2, 0.25) is 0 Å². The lowest BCUT2D eigenvalue weighted by molar-refractivity contribution is 0.183. The third-order valence-corrected chi connectivity index (χ3v) is 3.08. The normalized spacial score (nSPS) is 17.0. The van der Waals surface area contributed by atoms with Crippen LogP contribution in [0.1, 0.15) is 25.0 Å². The summed E-state index contributed by atoms with van der Waals surface area (Å²) in [5, 5.41) is 8.86. The van der Waals surface area contributed by atoms with E-state index in [2.05, 4.69) is 9.88 Å². The maximum Gasteiger partial charge on any atom is 0.137 e. The van der Waals surface area contributed by atoms with Gasteiger partial charge in [-0.15, -0.1) is 0 Å². The van der Waals surface area contributed by atoms with Gasteiger partial charge in [0.2, 0.25) is 0 Å². The average molecular weight is 236 g/mol. The number of ether oxygens (including phenoxy) is 1. The van der Waals surface area contributed by atoms with Crippen molar-refractivity contribution in [2.75, 3.05) is 26.2 Å². The summed E-state index contributed by atoms with van der Waals surface area (Å²) in [6.07, 6.45) is 5.66. The Labute approximate surface area is 102 Å². The van der Waals surface area contributed by atoms with E-state index in [4.69, 9.17) is 9.84 Å². The van der Waals surface area contributed by atoms with Crippen LogP contribution in [-0.2, 0) is 6.61 Å². The molecule has 0 aromatic carbocycles. The highest BCUT2D eigenvalue weighted by molar-refractivity contribution is 5.19. The summed E-state index contributed by atoms with van der Waals surface area (Å²) in [7, 11) is 0. The summed E-state index contributed by atoms with van der Waals surface area (Å²) in [6.45, 7) is 4.08. The van der Waals surface area contributed by atoms with Crippen LogP contribution in [0, 0.1) is 0 Å². The highest BCUT2D eigenvalue weighted by atomic mass is 16.5. The van der Waals surface area contributed by atoms with Gasteiger partial charge in [-0.1, -0.05) is 6.42 Å². The molecule has 4 heteroatoms. The van der Waals surface area contributed by atoms with Crippen molar-refractivity contribution in [1.82, 2.24) is 9.88 Å². The first-order valence-electron chi connectivity index (χ1n) is 6.29. The molecular weight excluding hydrogens is 216 g/mol. The van der Waals surface area contributed by atoms with Gasteiger partial charge in [0, 0.05) is 6.54 Å². The minimum atomic E-state index is -0.0198. The Morgan fingerprint density at radius 3 is 2.71 bits per heavy atom. The Kier molecular flexibility index (Phi) is 4.76. The molecule has 1 aromatic heterocycles. The molecule has 0 spiro atoms. The molecule has 1 fully saturated rings. The Bertz CT molecular complexity index is 321. The lowest BCUT2D eigenvalue weighted by atomic mass is 10.1. The molecule has 2 heterocycles. The third-order valence-electron chi connectivity index (χ3n) is 3.08. The first kappa shape index (κ1) is 12.3. The van der Waals surface area contributed by atoms with Crippen molar-refractivity contribution < 1.29 is 9.84 Å². The van der Waals surface area contributed by atoms with Gasteiger partial charge in [-0.05, 0) is 38.1 Å². The topological polar surface area (TPSA) is 45.6 Å². The standard InChI is InChI=1S/C13H20N2O2/c16-11-12-4-5-13(10-14-12)17-9-8-15-6-2-1-3-7-15/h4-5,10,16H,1-3,6-9,11H2. The van der Waals surface area contributed by atoms with E-state index >= 15 is 0 Å². The zero-order chi connectivity index (χ0) is 11.9. The molecule has 1 aliphatic rings. The van der Waals surface area contributed by atoms with E-state index in [1.807, 2.05) is 6.07 Å². The predicted octanol–water partition coefficient (Wildman–Crippen LogP) is 1.44. The fraction of sp³-hybridized carbons (Fsp3) is 0.615. The van der Waals surface area contributed by atoms with E-state index < -0.39 is 0 Å². The number of hydrogen-bond acceptors (Lipinski definition) is 4. The van der Waals surface area contributed by atoms with Gasteiger partial charge in [-0.3, -0.25) is 9.88 Å². The molecule has 0 aliphatic carbocycles. The van der Waals surface area contributed by atoms with Crippen molar-refractivity contribution in [3.63, 3.8) is 0 Å². The molecule has 0 amide bonds. The lowest BCUT2D eigenvalue weighted by Crippen LogP contribution is -2.33. The highest BCUT2D eigenvalue weighted by Gasteiger charge is 2.09. The molecule has 0 atom stereocenters. The molecule has 0 radical (unpaired) electrons. The van der Waals surface area contributed by atoms with Gasteiger partial charge in [-0.2, -0.15) is 0 Å². The van der Waals surface area contributed by atoms with Crippen LogP contribution in [0.3, 0.4) is 0 Å². The molecule has 94 valence electrons. The van der Waals surface area contributed by atoms with E-state index in [1.54, 1.807) is 12.3 Å². The van der Waals surface area contributed by atoms with Gasteiger partial charge in [0.05, 0.1) is 18.5 Å². The largest absolute Gasteiger partial charge is 0.491 e. The smallest absolute Gasteiger partial charge is 0.137 e. The zero-order valence-electron chi connectivity index (χ0n) is 10.1. The minimum Gasteiger partial charge on any atom is -0.491 e. The Morgan fingerprint density at radius 1 is 1.24 bits per heavy atom. The summed E-state index contributed by atoms with van der Waals surface area (Å²) in [5.41, 5.74) is 0.674. The van der Waals surface area contributed by atoms with E-state index in [9.17, 15) is 0 Å². The average Bonchev–Trinajstić information content (AvgIpc) is 2.41. The highest BCUT2D eigenvalue weighted by Crippen LogP contribution is 2.11. The maximum atomic E-state index is 8.86. The molecular formula is C13H20N2O2. The summed E-state index contributed by atoms with van der Waals surface area (Å²) < 4.78 is 5.62. The predicted molar refractivity (Wildman–Crippen MR) is 65.9 cm³/mol. The number of aliphatic hydroxyl groups is 1. The van der Waals surface area contributed by atoms with Gasteiger partial charge in [0.1, 0.15) is 12.4 Å². The molecule has 17 heavy (non-hydrogen) atoms. The van der Waals surface area contributed by atoms with E-state index in [-0.39, 0.29) is 6.61 Å². The number of aliphatic hydroxyl groups excluding tert-OH is 1. The molecule has 1 aromatic rings. The number of piperidine rings is 1. The van der Waals surface area contributed by atoms with Gasteiger partial charge >= 0.3 is 0 Å². The number of rotatable bonds is 5. The summed E-state index contributed by atoms with van der Waals surface area (Å²) in [6, 6.07) is 3.64. The first-order chi connectivity index (χ1) is 8.38. The fourth-order valence-electron chi connectivity index (χ4n) is 2.07. The molecule has 1 saturated heterocycles. The van der Waals surface area contributed by atoms with Crippen molar-refractivity contribution in [2.24, 2.45) is 0 Å². The van der Waals surface area contributed by atoms with Crippen LogP contribution in [0.15, 0.2) is 18.3 Å². The van der Waals surface area contributed by atoms with Crippen LogP contribution >= 0.6 is 0 Å². The van der Waals surface area contributed by atoms with Crippen LogP contribution in [-0.4, -0.2) is 41.2 Å². The second-order valence-electron chi connectivity index (χ2n) is 4.39. The van der Waals surface area contributed by atoms with Gasteiger partial charge in [-0.25, -0.2) is 0 Å². The second-order valence-corrected chi connectivity index (χ2v) is 4.39. The Hall–Kier alpha value is -1.13. The van der Waals surface area contributed by atoms with Crippen molar-refractivity contribution >= 4 is 0 Å². The fourth-order valence-corrected chi connectivity index (χ4v) is 2.07. The number of likely N-dealkylation sites (tertiary alicyclic amines) is 1. The van der Waals surface area contributed by atoms with Gasteiger partial charge in [0.25, 0.3) is 0 Å². The number of hydrogen-bond donors (Lipinski definition) is 1. The molecule has 0 saturated carbocycles. The van der Waals surface area contributed by atoms with Crippen molar-refractivity contribution in [3.05, 3.63) is 24.0 Å². The maximum absolute atomic E-state index is 8.86. The van der Waals surface area contributed by atoms with Crippen molar-refractivity contribution in [2.45, 2.75) is 25.9 Å². The molecule has 1 N–H and O–H groups in total. The van der Waals surface area contributed by atoms with E-state index in [0.29, 0.717) is 12.3 Å². The molecule has 1 aliphatic heterocycles. The summed E-state index contributed by atoms with van der Waals surface area (Å²) in [5.74, 6) is 0.777. The number of pyridine rings is 1. The van der Waals surface area contributed by atoms with Gasteiger partial charge in [0.15, 0.2) is 0 Å². The Morgan fingerprint density at radius 2 is 2.06 bits per heavy atom. The molecule has 0 bridgehead atoms. The van der Waals surface area contributed by atoms with E-state index in [1.165, 1.54) is 32.4 Å². The van der Waals surface area contributed by atoms with Gasteiger partial charge < -0.3 is 9.84 Å². The SMILES string of the molecule is OCc1ccc(OCCN2CCCCC2)cn1. The van der Waals surface area contributed by atoms with Crippen LogP contribution < -0.4 is 4.74 Å². The summed E-state index contributed by atoms with van der Waals surface area (Å²) in [4.78, 5) is 6.52. The molecule has 2 rings (SSSR count). The van der Waals surface area contributed by atoms with Crippen LogP contribution in [0.25, 0.3) is 0 Å². The van der Waals surface area contributed by atoms with Crippen LogP contribution in [0.5, 0.6) is 5.75 Å². The molecule has 0 unspecified atom stereocenters. The van der Waals surface area contributed by atoms with Crippen LogP contribution in [0.4, 0.5) is 0 Å². The van der Waals surface area contributed by atoms with Crippen molar-refractivity contribution in [1.29, 1.82) is 0 Å². The Balaban J connectivity index is 1.69. The summed E-state index contributed by atoms with van der Waals surface area (Å²) >= 11 is 0. The lowest BCUT2D eigenvalue weighted by Gasteiger charge is -2.26. The first-order valence-corrected chi connectivity index (χ1v) is 6.29. The number of aromatic nitrogens is 1. The van der Waals surface area contributed by atoms with Crippen molar-refractivity contribution in [3.8, 4) is 5.75 Å². The quantitative estimate of drug-likeness (QED) is 0.840. The third kappa shape index (κ3) is 3.98.